The quantitative estimate of drug-likeness (QED) is 0.205. The van der Waals surface area contributed by atoms with Crippen LogP contribution in [0.3, 0.4) is 0 Å². The van der Waals surface area contributed by atoms with Crippen LogP contribution in [0.15, 0.2) is 77.9 Å². The minimum Gasteiger partial charge on any atom is -0.493 e. The van der Waals surface area contributed by atoms with Crippen LogP contribution in [0.25, 0.3) is 0 Å². The van der Waals surface area contributed by atoms with Crippen molar-refractivity contribution < 1.29 is 23.9 Å². The van der Waals surface area contributed by atoms with Crippen molar-refractivity contribution in [2.24, 2.45) is 5.10 Å². The van der Waals surface area contributed by atoms with Crippen LogP contribution >= 0.6 is 0 Å². The second kappa shape index (κ2) is 14.2. The minimum atomic E-state index is -0.881. The summed E-state index contributed by atoms with van der Waals surface area (Å²) in [5.41, 5.74) is 5.88. The number of nitrogens with one attached hydrogen (secondary N) is 3. The number of hydrogen-bond donors (Lipinski definition) is 3. The number of amides is 3. The van der Waals surface area contributed by atoms with Gasteiger partial charge in [-0.25, -0.2) is 5.43 Å². The number of carbonyl (C=O) groups excluding carboxylic acids is 3. The zero-order chi connectivity index (χ0) is 27.3. The van der Waals surface area contributed by atoms with Gasteiger partial charge >= 0.3 is 11.8 Å². The van der Waals surface area contributed by atoms with Gasteiger partial charge in [-0.15, -0.1) is 0 Å². The third-order valence-electron chi connectivity index (χ3n) is 5.56. The molecule has 0 spiro atoms. The van der Waals surface area contributed by atoms with Crippen molar-refractivity contribution in [3.8, 4) is 11.5 Å². The molecule has 0 saturated heterocycles. The highest BCUT2D eigenvalue weighted by molar-refractivity contribution is 6.35. The second-order valence-electron chi connectivity index (χ2n) is 8.74. The summed E-state index contributed by atoms with van der Waals surface area (Å²) >= 11 is 0. The summed E-state index contributed by atoms with van der Waals surface area (Å²) in [5, 5.41) is 9.20. The van der Waals surface area contributed by atoms with Crippen LogP contribution < -0.4 is 25.5 Å². The lowest BCUT2D eigenvalue weighted by Gasteiger charge is -2.11. The molecule has 0 saturated carbocycles. The van der Waals surface area contributed by atoms with Gasteiger partial charge < -0.3 is 20.1 Å². The van der Waals surface area contributed by atoms with Crippen LogP contribution in [0.4, 0.5) is 0 Å². The molecule has 0 unspecified atom stereocenters. The molecule has 0 aromatic heterocycles. The Bertz CT molecular complexity index is 1260. The maximum Gasteiger partial charge on any atom is 0.329 e. The maximum absolute atomic E-state index is 12.1. The van der Waals surface area contributed by atoms with Crippen molar-refractivity contribution in [2.75, 3.05) is 13.7 Å². The van der Waals surface area contributed by atoms with Gasteiger partial charge in [-0.2, -0.15) is 5.10 Å². The van der Waals surface area contributed by atoms with Crippen LogP contribution in [-0.4, -0.2) is 37.7 Å². The summed E-state index contributed by atoms with van der Waals surface area (Å²) in [6.45, 7) is 4.68. The van der Waals surface area contributed by atoms with Crippen LogP contribution in [0.5, 0.6) is 11.5 Å². The monoisotopic (exact) mass is 516 g/mol. The molecule has 198 valence electrons. The molecule has 3 aromatic rings. The van der Waals surface area contributed by atoms with Crippen LogP contribution in [0.1, 0.15) is 42.0 Å². The SMILES string of the molecule is COc1cc(/C=N\NC(=O)C(=O)NCc2ccc(C(C)C)cc2)ccc1OCC(=O)NCc1ccccc1. The van der Waals surface area contributed by atoms with Gasteiger partial charge in [0.15, 0.2) is 18.1 Å². The summed E-state index contributed by atoms with van der Waals surface area (Å²) in [4.78, 5) is 36.2. The average Bonchev–Trinajstić information content (AvgIpc) is 2.94. The Morgan fingerprint density at radius 2 is 1.53 bits per heavy atom. The number of hydrogen-bond acceptors (Lipinski definition) is 6. The molecule has 38 heavy (non-hydrogen) atoms. The van der Waals surface area contributed by atoms with Gasteiger partial charge in [-0.05, 0) is 46.4 Å². The van der Waals surface area contributed by atoms with E-state index >= 15 is 0 Å². The smallest absolute Gasteiger partial charge is 0.329 e. The van der Waals surface area contributed by atoms with E-state index < -0.39 is 11.8 Å². The highest BCUT2D eigenvalue weighted by Gasteiger charge is 2.12. The molecule has 0 aliphatic rings. The summed E-state index contributed by atoms with van der Waals surface area (Å²) in [5.74, 6) is -0.755. The molecule has 0 bridgehead atoms. The molecule has 0 radical (unpaired) electrons. The fraction of sp³-hybridized carbons (Fsp3) is 0.241. The Kier molecular flexibility index (Phi) is 10.4. The largest absolute Gasteiger partial charge is 0.493 e. The van der Waals surface area contributed by atoms with Crippen molar-refractivity contribution in [3.05, 3.63) is 95.1 Å². The first-order chi connectivity index (χ1) is 18.4. The number of rotatable bonds is 11. The fourth-order valence-electron chi connectivity index (χ4n) is 3.37. The number of benzene rings is 3. The van der Waals surface area contributed by atoms with Crippen molar-refractivity contribution in [2.45, 2.75) is 32.9 Å². The minimum absolute atomic E-state index is 0.177. The van der Waals surface area contributed by atoms with E-state index in [-0.39, 0.29) is 19.1 Å². The molecule has 3 rings (SSSR count). The van der Waals surface area contributed by atoms with Crippen molar-refractivity contribution >= 4 is 23.9 Å². The van der Waals surface area contributed by atoms with E-state index in [1.807, 2.05) is 54.6 Å². The van der Waals surface area contributed by atoms with Gasteiger partial charge in [0.1, 0.15) is 0 Å². The first-order valence-electron chi connectivity index (χ1n) is 12.2. The molecule has 0 fully saturated rings. The van der Waals surface area contributed by atoms with Crippen molar-refractivity contribution in [3.63, 3.8) is 0 Å². The molecule has 0 heterocycles. The fourth-order valence-corrected chi connectivity index (χ4v) is 3.37. The molecule has 9 heteroatoms. The summed E-state index contributed by atoms with van der Waals surface area (Å²) in [6, 6.07) is 22.3. The Morgan fingerprint density at radius 3 is 2.21 bits per heavy atom. The number of nitrogens with zero attached hydrogens (tertiary/aromatic N) is 1. The van der Waals surface area contributed by atoms with E-state index in [4.69, 9.17) is 9.47 Å². The first-order valence-corrected chi connectivity index (χ1v) is 12.2. The van der Waals surface area contributed by atoms with Gasteiger partial charge in [0, 0.05) is 13.1 Å². The Balaban J connectivity index is 1.44. The first kappa shape index (κ1) is 27.9. The van der Waals surface area contributed by atoms with E-state index in [9.17, 15) is 14.4 Å². The summed E-state index contributed by atoms with van der Waals surface area (Å²) < 4.78 is 10.9. The van der Waals surface area contributed by atoms with Crippen LogP contribution in [0, 0.1) is 0 Å². The highest BCUT2D eigenvalue weighted by atomic mass is 16.5. The normalized spacial score (nSPS) is 10.7. The zero-order valence-corrected chi connectivity index (χ0v) is 21.7. The van der Waals surface area contributed by atoms with Gasteiger partial charge in [0.05, 0.1) is 13.3 Å². The lowest BCUT2D eigenvalue weighted by Crippen LogP contribution is -2.37. The Hall–Kier alpha value is -4.66. The van der Waals surface area contributed by atoms with Gasteiger partial charge in [0.25, 0.3) is 5.91 Å². The van der Waals surface area contributed by atoms with E-state index in [1.165, 1.54) is 18.9 Å². The van der Waals surface area contributed by atoms with E-state index in [1.54, 1.807) is 18.2 Å². The third kappa shape index (κ3) is 8.77. The molecular weight excluding hydrogens is 484 g/mol. The molecule has 3 N–H and O–H groups in total. The average molecular weight is 517 g/mol. The molecular formula is C29H32N4O5. The van der Waals surface area contributed by atoms with Gasteiger partial charge in [0.2, 0.25) is 0 Å². The topological polar surface area (TPSA) is 118 Å². The van der Waals surface area contributed by atoms with E-state index in [0.717, 1.165) is 11.1 Å². The Labute approximate surface area is 222 Å². The molecule has 0 atom stereocenters. The van der Waals surface area contributed by atoms with Crippen molar-refractivity contribution in [1.29, 1.82) is 0 Å². The number of hydrazone groups is 1. The van der Waals surface area contributed by atoms with Crippen LogP contribution in [0.2, 0.25) is 0 Å². The molecule has 0 aliphatic carbocycles. The van der Waals surface area contributed by atoms with Crippen molar-refractivity contribution in [1.82, 2.24) is 16.1 Å². The van der Waals surface area contributed by atoms with E-state index in [2.05, 4.69) is 35.0 Å². The predicted octanol–water partition coefficient (Wildman–Crippen LogP) is 3.28. The molecule has 0 aliphatic heterocycles. The predicted molar refractivity (Wildman–Crippen MR) is 145 cm³/mol. The van der Waals surface area contributed by atoms with Gasteiger partial charge in [-0.1, -0.05) is 68.4 Å². The highest BCUT2D eigenvalue weighted by Crippen LogP contribution is 2.27. The number of methoxy groups -OCH3 is 1. The van der Waals surface area contributed by atoms with E-state index in [0.29, 0.717) is 29.5 Å². The number of carbonyl (C=O) groups is 3. The molecule has 9 nitrogen and oxygen atoms in total. The Morgan fingerprint density at radius 1 is 0.842 bits per heavy atom. The summed E-state index contributed by atoms with van der Waals surface area (Å²) in [6.07, 6.45) is 1.37. The molecule has 3 aromatic carbocycles. The maximum atomic E-state index is 12.1. The van der Waals surface area contributed by atoms with Crippen LogP contribution in [-0.2, 0) is 27.5 Å². The number of ether oxygens (including phenoxy) is 2. The second-order valence-corrected chi connectivity index (χ2v) is 8.74. The molecule has 3 amide bonds. The van der Waals surface area contributed by atoms with Gasteiger partial charge in [-0.3, -0.25) is 14.4 Å². The standard InChI is InChI=1S/C29H32N4O5/c1-20(2)24-12-9-22(10-13-24)17-31-28(35)29(36)33-32-18-23-11-14-25(26(15-23)37-3)38-19-27(34)30-16-21-7-5-4-6-8-21/h4-15,18,20H,16-17,19H2,1-3H3,(H,30,34)(H,31,35)(H,33,36)/b32-18-. The lowest BCUT2D eigenvalue weighted by molar-refractivity contribution is -0.139. The third-order valence-corrected chi connectivity index (χ3v) is 5.56. The zero-order valence-electron chi connectivity index (χ0n) is 21.7. The lowest BCUT2D eigenvalue weighted by atomic mass is 10.0. The summed E-state index contributed by atoms with van der Waals surface area (Å²) in [7, 11) is 1.47.